The van der Waals surface area contributed by atoms with Crippen molar-refractivity contribution in [2.24, 2.45) is 0 Å². The molecule has 5 rings (SSSR count). The van der Waals surface area contributed by atoms with E-state index >= 15 is 0 Å². The molecule has 2 heterocycles. The largest absolute Gasteiger partial charge is 0.497 e. The maximum atomic E-state index is 14.0. The van der Waals surface area contributed by atoms with Crippen LogP contribution in [0.5, 0.6) is 5.75 Å². The van der Waals surface area contributed by atoms with Crippen molar-refractivity contribution >= 4 is 29.4 Å². The number of para-hydroxylation sites is 1. The molecule has 3 aromatic rings. The Balaban J connectivity index is 1.44. The number of carbonyl (C=O) groups excluding carboxylic acids is 2. The third-order valence-corrected chi connectivity index (χ3v) is 7.77. The van der Waals surface area contributed by atoms with Gasteiger partial charge in [-0.05, 0) is 36.2 Å². The van der Waals surface area contributed by atoms with Crippen molar-refractivity contribution in [2.75, 3.05) is 24.3 Å². The Kier molecular flexibility index (Phi) is 5.96. The van der Waals surface area contributed by atoms with Gasteiger partial charge < -0.3 is 15.0 Å². The van der Waals surface area contributed by atoms with Gasteiger partial charge >= 0.3 is 6.03 Å². The van der Waals surface area contributed by atoms with E-state index in [0.717, 1.165) is 33.7 Å². The lowest BCUT2D eigenvalue weighted by atomic mass is 10.1. The summed E-state index contributed by atoms with van der Waals surface area (Å²) in [6.07, 6.45) is 0. The van der Waals surface area contributed by atoms with Crippen molar-refractivity contribution in [3.8, 4) is 5.75 Å². The minimum Gasteiger partial charge on any atom is -0.497 e. The van der Waals surface area contributed by atoms with Gasteiger partial charge in [-0.1, -0.05) is 60.2 Å². The smallest absolute Gasteiger partial charge is 0.319 e. The lowest BCUT2D eigenvalue weighted by Gasteiger charge is -2.33. The number of thioether (sulfide) groups is 1. The number of fused-ring (bicyclic) bond motifs is 2. The summed E-state index contributed by atoms with van der Waals surface area (Å²) in [6.45, 7) is 3.37. The first-order chi connectivity index (χ1) is 16.5. The monoisotopic (exact) mass is 473 g/mol. The number of methoxy groups -OCH3 is 1. The van der Waals surface area contributed by atoms with Gasteiger partial charge in [0.25, 0.3) is 5.91 Å². The highest BCUT2D eigenvalue weighted by Crippen LogP contribution is 2.54. The van der Waals surface area contributed by atoms with Crippen molar-refractivity contribution in [3.63, 3.8) is 0 Å². The number of anilines is 1. The van der Waals surface area contributed by atoms with Gasteiger partial charge in [0.15, 0.2) is 4.87 Å². The van der Waals surface area contributed by atoms with E-state index in [1.165, 1.54) is 11.8 Å². The molecule has 0 unspecified atom stereocenters. The number of ether oxygens (including phenoxy) is 1. The third-order valence-electron chi connectivity index (χ3n) is 6.35. The molecule has 0 saturated carbocycles. The molecule has 0 aromatic heterocycles. The van der Waals surface area contributed by atoms with Crippen LogP contribution < -0.4 is 15.0 Å². The molecule has 0 aliphatic carbocycles. The zero-order valence-electron chi connectivity index (χ0n) is 19.3. The quantitative estimate of drug-likeness (QED) is 0.585. The predicted octanol–water partition coefficient (Wildman–Crippen LogP) is 4.66. The number of amides is 3. The molecule has 174 valence electrons. The van der Waals surface area contributed by atoms with E-state index < -0.39 is 4.87 Å². The van der Waals surface area contributed by atoms with Gasteiger partial charge in [0, 0.05) is 24.4 Å². The van der Waals surface area contributed by atoms with Crippen LogP contribution in [-0.4, -0.2) is 36.2 Å². The maximum Gasteiger partial charge on any atom is 0.319 e. The topological polar surface area (TPSA) is 61.9 Å². The summed E-state index contributed by atoms with van der Waals surface area (Å²) in [6, 6.07) is 23.4. The molecule has 34 heavy (non-hydrogen) atoms. The van der Waals surface area contributed by atoms with E-state index in [1.54, 1.807) is 16.9 Å². The minimum absolute atomic E-state index is 0.0790. The Labute approximate surface area is 203 Å². The van der Waals surface area contributed by atoms with E-state index in [-0.39, 0.29) is 11.9 Å². The first-order valence-corrected chi connectivity index (χ1v) is 12.3. The Hall–Kier alpha value is -3.45. The van der Waals surface area contributed by atoms with Crippen molar-refractivity contribution in [1.82, 2.24) is 10.2 Å². The lowest BCUT2D eigenvalue weighted by Crippen LogP contribution is -2.53. The molecule has 2 aliphatic rings. The standard InChI is InChI=1S/C27H27N3O3S/c1-19-7-5-8-20(15-19)17-28-26(32)30-13-14-34-27(30)23-11-3-4-12-24(23)29(25(27)31)18-21-9-6-10-22(16-21)33-2/h3-12,15-16H,13-14,17-18H2,1-2H3,(H,28,32)/t27-/m1/s1. The van der Waals surface area contributed by atoms with Crippen molar-refractivity contribution < 1.29 is 14.3 Å². The van der Waals surface area contributed by atoms with Crippen molar-refractivity contribution in [1.29, 1.82) is 0 Å². The van der Waals surface area contributed by atoms with E-state index in [1.807, 2.05) is 73.7 Å². The molecule has 1 saturated heterocycles. The normalized spacial score (nSPS) is 18.9. The SMILES string of the molecule is COc1cccc(CN2C(=O)[C@]3(SCCN3C(=O)NCc3cccc(C)c3)c3ccccc32)c1. The number of benzene rings is 3. The number of carbonyl (C=O) groups is 2. The lowest BCUT2D eigenvalue weighted by molar-refractivity contribution is -0.123. The van der Waals surface area contributed by atoms with Crippen LogP contribution in [0.4, 0.5) is 10.5 Å². The molecule has 1 spiro atoms. The van der Waals surface area contributed by atoms with Gasteiger partial charge in [-0.3, -0.25) is 9.69 Å². The molecule has 3 aromatic carbocycles. The highest BCUT2D eigenvalue weighted by atomic mass is 32.2. The summed E-state index contributed by atoms with van der Waals surface area (Å²) in [4.78, 5) is 29.9. The first kappa shape index (κ1) is 22.3. The van der Waals surface area contributed by atoms with Crippen LogP contribution in [0.25, 0.3) is 0 Å². The molecule has 6 nitrogen and oxygen atoms in total. The molecule has 1 atom stereocenters. The Bertz CT molecular complexity index is 1250. The van der Waals surface area contributed by atoms with Crippen LogP contribution in [0.2, 0.25) is 0 Å². The molecule has 1 N–H and O–H groups in total. The number of aryl methyl sites for hydroxylation is 1. The molecule has 0 bridgehead atoms. The number of hydrogen-bond acceptors (Lipinski definition) is 4. The van der Waals surface area contributed by atoms with Crippen molar-refractivity contribution in [3.05, 3.63) is 95.1 Å². The van der Waals surface area contributed by atoms with Crippen molar-refractivity contribution in [2.45, 2.75) is 24.9 Å². The third kappa shape index (κ3) is 3.80. The van der Waals surface area contributed by atoms with Gasteiger partial charge in [0.1, 0.15) is 5.75 Å². The van der Waals surface area contributed by atoms with E-state index in [0.29, 0.717) is 25.4 Å². The number of rotatable bonds is 5. The molecule has 3 amide bonds. The van der Waals surface area contributed by atoms with Gasteiger partial charge in [0.2, 0.25) is 0 Å². The van der Waals surface area contributed by atoms with Crippen LogP contribution in [0.3, 0.4) is 0 Å². The Morgan fingerprint density at radius 3 is 2.68 bits per heavy atom. The summed E-state index contributed by atoms with van der Waals surface area (Å²) in [7, 11) is 1.63. The summed E-state index contributed by atoms with van der Waals surface area (Å²) in [5.41, 5.74) is 4.87. The van der Waals surface area contributed by atoms with Crippen LogP contribution in [0, 0.1) is 6.92 Å². The number of hydrogen-bond donors (Lipinski definition) is 1. The number of nitrogens with zero attached hydrogens (tertiary/aromatic N) is 2. The first-order valence-electron chi connectivity index (χ1n) is 11.3. The molecule has 1 fully saturated rings. The molecular weight excluding hydrogens is 446 g/mol. The molecule has 0 radical (unpaired) electrons. The fourth-order valence-corrected chi connectivity index (χ4v) is 6.23. The van der Waals surface area contributed by atoms with Crippen LogP contribution in [-0.2, 0) is 22.8 Å². The number of nitrogens with one attached hydrogen (secondary N) is 1. The van der Waals surface area contributed by atoms with Crippen LogP contribution in [0.1, 0.15) is 22.3 Å². The summed E-state index contributed by atoms with van der Waals surface area (Å²) >= 11 is 1.53. The Morgan fingerprint density at radius 1 is 1.06 bits per heavy atom. The van der Waals surface area contributed by atoms with E-state index in [4.69, 9.17) is 4.74 Å². The second kappa shape index (κ2) is 9.06. The summed E-state index contributed by atoms with van der Waals surface area (Å²) < 4.78 is 5.36. The van der Waals surface area contributed by atoms with Crippen LogP contribution >= 0.6 is 11.8 Å². The van der Waals surface area contributed by atoms with E-state index in [9.17, 15) is 9.59 Å². The van der Waals surface area contributed by atoms with Crippen LogP contribution in [0.15, 0.2) is 72.8 Å². The zero-order valence-corrected chi connectivity index (χ0v) is 20.1. The highest BCUT2D eigenvalue weighted by molar-refractivity contribution is 8.01. The van der Waals surface area contributed by atoms with Gasteiger partial charge in [-0.2, -0.15) is 0 Å². The zero-order chi connectivity index (χ0) is 23.7. The average Bonchev–Trinajstić information content (AvgIpc) is 3.40. The van der Waals surface area contributed by atoms with Gasteiger partial charge in [0.05, 0.1) is 19.3 Å². The molecule has 2 aliphatic heterocycles. The second-order valence-corrected chi connectivity index (χ2v) is 9.84. The maximum absolute atomic E-state index is 14.0. The van der Waals surface area contributed by atoms with Gasteiger partial charge in [-0.25, -0.2) is 4.79 Å². The predicted molar refractivity (Wildman–Crippen MR) is 135 cm³/mol. The molecular formula is C27H27N3O3S. The molecule has 7 heteroatoms. The van der Waals surface area contributed by atoms with Gasteiger partial charge in [-0.15, -0.1) is 11.8 Å². The highest BCUT2D eigenvalue weighted by Gasteiger charge is 2.59. The fraction of sp³-hybridized carbons (Fsp3) is 0.259. The second-order valence-electron chi connectivity index (χ2n) is 8.55. The summed E-state index contributed by atoms with van der Waals surface area (Å²) in [5, 5.41) is 3.04. The Morgan fingerprint density at radius 2 is 1.85 bits per heavy atom. The van der Waals surface area contributed by atoms with E-state index in [2.05, 4.69) is 11.4 Å². The fourth-order valence-electron chi connectivity index (χ4n) is 4.77. The summed E-state index contributed by atoms with van der Waals surface area (Å²) in [5.74, 6) is 1.37. The number of urea groups is 1. The average molecular weight is 474 g/mol. The minimum atomic E-state index is -1.05.